The zero-order valence-corrected chi connectivity index (χ0v) is 12.3. The number of hydrogen-bond acceptors (Lipinski definition) is 4. The highest BCUT2D eigenvalue weighted by Gasteiger charge is 2.29. The van der Waals surface area contributed by atoms with Gasteiger partial charge in [0.1, 0.15) is 0 Å². The van der Waals surface area contributed by atoms with E-state index >= 15 is 0 Å². The Labute approximate surface area is 117 Å². The van der Waals surface area contributed by atoms with Gasteiger partial charge in [-0.15, -0.1) is 11.3 Å². The second-order valence-electron chi connectivity index (χ2n) is 4.73. The van der Waals surface area contributed by atoms with Gasteiger partial charge in [-0.2, -0.15) is 0 Å². The van der Waals surface area contributed by atoms with Crippen LogP contribution in [0, 0.1) is 0 Å². The van der Waals surface area contributed by atoms with E-state index in [0.29, 0.717) is 13.1 Å². The molecule has 0 radical (unpaired) electrons. The van der Waals surface area contributed by atoms with Crippen molar-refractivity contribution in [3.63, 3.8) is 0 Å². The molecular weight excluding hydrogens is 260 g/mol. The fraction of sp³-hybridized carbons (Fsp3) is 0.571. The van der Waals surface area contributed by atoms with Crippen LogP contribution < -0.4 is 5.32 Å². The number of carbonyl (C=O) groups excluding carboxylic acids is 2. The molecule has 104 valence electrons. The lowest BCUT2D eigenvalue weighted by atomic mass is 10.1. The van der Waals surface area contributed by atoms with Gasteiger partial charge in [-0.05, 0) is 25.0 Å². The van der Waals surface area contributed by atoms with Crippen molar-refractivity contribution in [2.45, 2.75) is 32.7 Å². The molecular formula is C14H20N2O2S. The fourth-order valence-corrected chi connectivity index (χ4v) is 3.25. The third kappa shape index (κ3) is 3.22. The number of ketones is 1. The molecule has 0 aromatic carbocycles. The van der Waals surface area contributed by atoms with Gasteiger partial charge >= 0.3 is 0 Å². The van der Waals surface area contributed by atoms with Crippen LogP contribution in [0.2, 0.25) is 0 Å². The van der Waals surface area contributed by atoms with Crippen molar-refractivity contribution >= 4 is 23.0 Å². The van der Waals surface area contributed by atoms with E-state index in [-0.39, 0.29) is 17.7 Å². The lowest BCUT2D eigenvalue weighted by molar-refractivity contribution is -0.128. The Bertz CT molecular complexity index is 470. The van der Waals surface area contributed by atoms with E-state index in [4.69, 9.17) is 0 Å². The number of piperazine rings is 1. The molecule has 1 amide bonds. The summed E-state index contributed by atoms with van der Waals surface area (Å²) in [5.74, 6) is 0.167. The molecule has 1 aromatic heterocycles. The molecule has 1 saturated heterocycles. The number of carbonyl (C=O) groups is 2. The van der Waals surface area contributed by atoms with E-state index in [0.717, 1.165) is 24.3 Å². The average molecular weight is 280 g/mol. The van der Waals surface area contributed by atoms with E-state index in [9.17, 15) is 9.59 Å². The lowest BCUT2D eigenvalue weighted by Crippen LogP contribution is -2.56. The molecule has 4 nitrogen and oxygen atoms in total. The second-order valence-corrected chi connectivity index (χ2v) is 5.90. The normalized spacial score (nSPS) is 20.3. The molecule has 0 bridgehead atoms. The highest BCUT2D eigenvalue weighted by atomic mass is 32.1. The highest BCUT2D eigenvalue weighted by molar-refractivity contribution is 7.14. The monoisotopic (exact) mass is 280 g/mol. The first kappa shape index (κ1) is 14.2. The zero-order chi connectivity index (χ0) is 13.8. The van der Waals surface area contributed by atoms with Crippen molar-refractivity contribution in [1.29, 1.82) is 0 Å². The summed E-state index contributed by atoms with van der Waals surface area (Å²) in [6, 6.07) is 3.75. The molecule has 0 spiro atoms. The van der Waals surface area contributed by atoms with E-state index in [1.165, 1.54) is 4.88 Å². The van der Waals surface area contributed by atoms with Crippen molar-refractivity contribution in [3.8, 4) is 0 Å². The largest absolute Gasteiger partial charge is 0.353 e. The summed E-state index contributed by atoms with van der Waals surface area (Å²) in [6.45, 7) is 5.79. The smallest absolute Gasteiger partial charge is 0.237 e. The molecule has 1 atom stereocenters. The minimum absolute atomic E-state index is 0.0435. The summed E-state index contributed by atoms with van der Waals surface area (Å²) in [7, 11) is 0. The van der Waals surface area contributed by atoms with Gasteiger partial charge in [0.15, 0.2) is 5.78 Å². The third-order valence-electron chi connectivity index (χ3n) is 3.46. The number of amides is 1. The van der Waals surface area contributed by atoms with E-state index in [1.54, 1.807) is 11.3 Å². The first-order valence-electron chi connectivity index (χ1n) is 6.79. The van der Waals surface area contributed by atoms with Crippen LogP contribution >= 0.6 is 11.3 Å². The minimum atomic E-state index is -0.164. The number of hydrogen-bond donors (Lipinski definition) is 1. The van der Waals surface area contributed by atoms with Crippen LogP contribution in [0.4, 0.5) is 0 Å². The third-order valence-corrected chi connectivity index (χ3v) is 4.73. The Hall–Kier alpha value is -1.20. The summed E-state index contributed by atoms with van der Waals surface area (Å²) in [5, 5.41) is 2.85. The van der Waals surface area contributed by atoms with Crippen LogP contribution in [-0.4, -0.2) is 42.3 Å². The van der Waals surface area contributed by atoms with Gasteiger partial charge < -0.3 is 5.32 Å². The SMILES string of the molecule is CCc1ccc(C(=O)CN2CCNC(=O)C2CC)s1. The average Bonchev–Trinajstić information content (AvgIpc) is 2.88. The van der Waals surface area contributed by atoms with E-state index < -0.39 is 0 Å². The highest BCUT2D eigenvalue weighted by Crippen LogP contribution is 2.19. The maximum absolute atomic E-state index is 12.2. The molecule has 19 heavy (non-hydrogen) atoms. The summed E-state index contributed by atoms with van der Waals surface area (Å²) in [5.41, 5.74) is 0. The minimum Gasteiger partial charge on any atom is -0.353 e. The first-order valence-corrected chi connectivity index (χ1v) is 7.61. The maximum atomic E-state index is 12.2. The topological polar surface area (TPSA) is 49.4 Å². The quantitative estimate of drug-likeness (QED) is 0.835. The number of thiophene rings is 1. The van der Waals surface area contributed by atoms with Crippen molar-refractivity contribution in [1.82, 2.24) is 10.2 Å². The molecule has 1 aliphatic heterocycles. The van der Waals surface area contributed by atoms with Crippen molar-refractivity contribution in [3.05, 3.63) is 21.9 Å². The molecule has 2 heterocycles. The van der Waals surface area contributed by atoms with E-state index in [1.807, 2.05) is 24.0 Å². The summed E-state index contributed by atoms with van der Waals surface area (Å²) in [4.78, 5) is 28.0. The van der Waals surface area contributed by atoms with Crippen LogP contribution in [0.15, 0.2) is 12.1 Å². The zero-order valence-electron chi connectivity index (χ0n) is 11.4. The summed E-state index contributed by atoms with van der Waals surface area (Å²) < 4.78 is 0. The molecule has 0 aliphatic carbocycles. The molecule has 2 rings (SSSR count). The molecule has 1 unspecified atom stereocenters. The van der Waals surface area contributed by atoms with Crippen LogP contribution in [0.3, 0.4) is 0 Å². The Morgan fingerprint density at radius 2 is 2.26 bits per heavy atom. The molecule has 0 saturated carbocycles. The maximum Gasteiger partial charge on any atom is 0.237 e. The van der Waals surface area contributed by atoms with Gasteiger partial charge in [-0.25, -0.2) is 0 Å². The van der Waals surface area contributed by atoms with Crippen LogP contribution in [-0.2, 0) is 11.2 Å². The van der Waals surface area contributed by atoms with Crippen molar-refractivity contribution < 1.29 is 9.59 Å². The van der Waals surface area contributed by atoms with Gasteiger partial charge in [0.05, 0.1) is 17.5 Å². The predicted octanol–water partition coefficient (Wildman–Crippen LogP) is 1.70. The standard InChI is InChI=1S/C14H20N2O2S/c1-3-10-5-6-13(19-10)12(17)9-16-8-7-15-14(18)11(16)4-2/h5-6,11H,3-4,7-9H2,1-2H3,(H,15,18). The Balaban J connectivity index is 2.02. The van der Waals surface area contributed by atoms with Gasteiger partial charge in [0.25, 0.3) is 0 Å². The van der Waals surface area contributed by atoms with Gasteiger partial charge in [0, 0.05) is 18.0 Å². The Morgan fingerprint density at radius 3 is 2.89 bits per heavy atom. The van der Waals surface area contributed by atoms with Crippen LogP contribution in [0.5, 0.6) is 0 Å². The number of nitrogens with one attached hydrogen (secondary N) is 1. The van der Waals surface area contributed by atoms with Crippen LogP contribution in [0.1, 0.15) is 34.8 Å². The second kappa shape index (κ2) is 6.30. The first-order chi connectivity index (χ1) is 9.15. The fourth-order valence-electron chi connectivity index (χ4n) is 2.38. The summed E-state index contributed by atoms with van der Waals surface area (Å²) in [6.07, 6.45) is 1.70. The number of Topliss-reactive ketones (excluding diaryl/α,β-unsaturated/α-hetero) is 1. The van der Waals surface area contributed by atoms with Crippen LogP contribution in [0.25, 0.3) is 0 Å². The van der Waals surface area contributed by atoms with Gasteiger partial charge in [-0.1, -0.05) is 13.8 Å². The van der Waals surface area contributed by atoms with Gasteiger partial charge in [0.2, 0.25) is 5.91 Å². The van der Waals surface area contributed by atoms with Crippen molar-refractivity contribution in [2.24, 2.45) is 0 Å². The number of nitrogens with zero attached hydrogens (tertiary/aromatic N) is 1. The predicted molar refractivity (Wildman–Crippen MR) is 76.7 cm³/mol. The Kier molecular flexibility index (Phi) is 4.71. The molecule has 5 heteroatoms. The molecule has 1 aliphatic rings. The molecule has 1 N–H and O–H groups in total. The van der Waals surface area contributed by atoms with Gasteiger partial charge in [-0.3, -0.25) is 14.5 Å². The lowest BCUT2D eigenvalue weighted by Gasteiger charge is -2.33. The van der Waals surface area contributed by atoms with Crippen molar-refractivity contribution in [2.75, 3.05) is 19.6 Å². The number of rotatable bonds is 5. The Morgan fingerprint density at radius 1 is 1.47 bits per heavy atom. The molecule has 1 aromatic rings. The van der Waals surface area contributed by atoms with E-state index in [2.05, 4.69) is 12.2 Å². The number of aryl methyl sites for hydroxylation is 1. The summed E-state index contributed by atoms with van der Waals surface area (Å²) >= 11 is 1.56. The molecule has 1 fully saturated rings.